The second-order valence-electron chi connectivity index (χ2n) is 6.35. The second kappa shape index (κ2) is 6.22. The van der Waals surface area contributed by atoms with Crippen LogP contribution in [-0.4, -0.2) is 9.93 Å². The third-order valence-corrected chi connectivity index (χ3v) is 5.69. The Labute approximate surface area is 159 Å². The van der Waals surface area contributed by atoms with Gasteiger partial charge in [0.05, 0.1) is 27.1 Å². The van der Waals surface area contributed by atoms with Crippen molar-refractivity contribution in [2.24, 2.45) is 0 Å². The molecule has 0 spiro atoms. The summed E-state index contributed by atoms with van der Waals surface area (Å²) in [4.78, 5) is 12.3. The molecule has 5 rings (SSSR count). The lowest BCUT2D eigenvalue weighted by atomic mass is 10.0. The number of nitro benzene ring substituents is 1. The molecular weight excluding hydrogens is 362 g/mol. The van der Waals surface area contributed by atoms with Gasteiger partial charge in [0.25, 0.3) is 5.69 Å². The van der Waals surface area contributed by atoms with Gasteiger partial charge in [-0.3, -0.25) is 10.1 Å². The Morgan fingerprint density at radius 1 is 1.04 bits per heavy atom. The van der Waals surface area contributed by atoms with E-state index in [0.717, 1.165) is 21.9 Å². The van der Waals surface area contributed by atoms with Crippen LogP contribution < -0.4 is 10.2 Å². The molecular formula is C20H15N3O3S. The molecule has 0 bridgehead atoms. The molecule has 2 atom stereocenters. The molecule has 0 aliphatic carbocycles. The highest BCUT2D eigenvalue weighted by Crippen LogP contribution is 2.47. The maximum absolute atomic E-state index is 11.6. The summed E-state index contributed by atoms with van der Waals surface area (Å²) in [5.74, 6) is 0.743. The Hall–Kier alpha value is -3.16. The van der Waals surface area contributed by atoms with Gasteiger partial charge in [-0.15, -0.1) is 11.3 Å². The van der Waals surface area contributed by atoms with Crippen LogP contribution in [0.1, 0.15) is 28.3 Å². The third kappa shape index (κ3) is 2.59. The summed E-state index contributed by atoms with van der Waals surface area (Å²) in [5.41, 5.74) is 6.00. The van der Waals surface area contributed by atoms with Crippen LogP contribution in [0.4, 0.5) is 5.69 Å². The molecule has 0 fully saturated rings. The van der Waals surface area contributed by atoms with E-state index >= 15 is 0 Å². The van der Waals surface area contributed by atoms with Crippen molar-refractivity contribution < 1.29 is 9.66 Å². The average Bonchev–Trinajstić information content (AvgIpc) is 3.37. The highest BCUT2D eigenvalue weighted by Gasteiger charge is 2.42. The summed E-state index contributed by atoms with van der Waals surface area (Å²) < 4.78 is 6.22. The van der Waals surface area contributed by atoms with Crippen LogP contribution in [0.2, 0.25) is 0 Å². The molecule has 7 heteroatoms. The quantitative estimate of drug-likeness (QED) is 0.532. The largest absolute Gasteiger partial charge is 0.469 e. The van der Waals surface area contributed by atoms with Crippen LogP contribution in [-0.2, 0) is 0 Å². The first-order valence-electron chi connectivity index (χ1n) is 8.52. The zero-order valence-corrected chi connectivity index (χ0v) is 14.9. The minimum atomic E-state index is -0.611. The van der Waals surface area contributed by atoms with E-state index in [-0.39, 0.29) is 16.7 Å². The summed E-state index contributed by atoms with van der Waals surface area (Å²) in [6.07, 6.45) is 1.54. The molecule has 0 saturated carbocycles. The Kier molecular flexibility index (Phi) is 3.70. The zero-order valence-electron chi connectivity index (χ0n) is 14.1. The van der Waals surface area contributed by atoms with Crippen molar-refractivity contribution in [3.05, 3.63) is 98.2 Å². The number of hydrazine groups is 1. The van der Waals surface area contributed by atoms with Crippen LogP contribution in [0.5, 0.6) is 5.75 Å². The minimum Gasteiger partial charge on any atom is -0.469 e. The number of benzene rings is 2. The molecule has 134 valence electrons. The van der Waals surface area contributed by atoms with Crippen LogP contribution in [0, 0.1) is 10.1 Å². The summed E-state index contributed by atoms with van der Waals surface area (Å²) in [5, 5.41) is 15.5. The van der Waals surface area contributed by atoms with Gasteiger partial charge in [0.15, 0.2) is 0 Å². The van der Waals surface area contributed by atoms with Crippen molar-refractivity contribution in [1.82, 2.24) is 10.4 Å². The van der Waals surface area contributed by atoms with E-state index in [1.165, 1.54) is 6.07 Å². The number of nitrogens with one attached hydrogen (secondary N) is 1. The van der Waals surface area contributed by atoms with E-state index in [1.54, 1.807) is 29.5 Å². The van der Waals surface area contributed by atoms with Crippen molar-refractivity contribution in [2.45, 2.75) is 12.3 Å². The molecule has 3 heterocycles. The van der Waals surface area contributed by atoms with Crippen LogP contribution in [0.15, 0.2) is 72.1 Å². The lowest BCUT2D eigenvalue weighted by Crippen LogP contribution is -2.43. The molecule has 0 amide bonds. The molecule has 1 aromatic heterocycles. The Bertz CT molecular complexity index is 1050. The summed E-state index contributed by atoms with van der Waals surface area (Å²) in [6, 6.07) is 18.5. The first-order valence-corrected chi connectivity index (χ1v) is 9.40. The number of para-hydroxylation sites is 2. The fraction of sp³-hybridized carbons (Fsp3) is 0.100. The van der Waals surface area contributed by atoms with Gasteiger partial charge < -0.3 is 10.2 Å². The molecule has 2 aliphatic heterocycles. The number of hydrogen-bond donors (Lipinski definition) is 1. The number of nitro groups is 1. The SMILES string of the molecule is O=[N+]([O-])c1ccccc1[C@H]1Oc2ccccc2[C@H]2C=C(c3cccs3)NN21. The molecule has 2 aliphatic rings. The highest BCUT2D eigenvalue weighted by atomic mass is 32.1. The van der Waals surface area contributed by atoms with Crippen LogP contribution >= 0.6 is 11.3 Å². The summed E-state index contributed by atoms with van der Waals surface area (Å²) in [6.45, 7) is 0. The lowest BCUT2D eigenvalue weighted by molar-refractivity contribution is -0.386. The highest BCUT2D eigenvalue weighted by molar-refractivity contribution is 7.11. The van der Waals surface area contributed by atoms with Crippen LogP contribution in [0.25, 0.3) is 5.70 Å². The van der Waals surface area contributed by atoms with E-state index in [4.69, 9.17) is 4.74 Å². The van der Waals surface area contributed by atoms with Gasteiger partial charge in [-0.25, -0.2) is 0 Å². The second-order valence-corrected chi connectivity index (χ2v) is 7.29. The Morgan fingerprint density at radius 2 is 1.81 bits per heavy atom. The van der Waals surface area contributed by atoms with Gasteiger partial charge >= 0.3 is 0 Å². The standard InChI is InChI=1S/C20H15N3O3S/c24-23(25)16-8-3-1-7-14(16)20-22-17(13-6-2-4-9-18(13)26-20)12-15(21-22)19-10-5-11-27-19/h1-12,17,20-21H/t17-,20-/m1/s1. The molecule has 0 unspecified atom stereocenters. The Morgan fingerprint density at radius 3 is 2.59 bits per heavy atom. The first-order chi connectivity index (χ1) is 13.2. The number of fused-ring (bicyclic) bond motifs is 3. The number of ether oxygens (including phenoxy) is 1. The third-order valence-electron chi connectivity index (χ3n) is 4.79. The average molecular weight is 377 g/mol. The topological polar surface area (TPSA) is 67.6 Å². The van der Waals surface area contributed by atoms with Gasteiger partial charge in [0, 0.05) is 11.6 Å². The predicted octanol–water partition coefficient (Wildman–Crippen LogP) is 4.65. The van der Waals surface area contributed by atoms with Gasteiger partial charge in [0.2, 0.25) is 6.23 Å². The normalized spacial score (nSPS) is 20.8. The monoisotopic (exact) mass is 377 g/mol. The van der Waals surface area contributed by atoms with E-state index in [2.05, 4.69) is 17.6 Å². The minimum absolute atomic E-state index is 0.0482. The van der Waals surface area contributed by atoms with Gasteiger partial charge in [-0.05, 0) is 29.7 Å². The fourth-order valence-corrected chi connectivity index (χ4v) is 4.28. The van der Waals surface area contributed by atoms with Crippen molar-refractivity contribution >= 4 is 22.7 Å². The fourth-order valence-electron chi connectivity index (χ4n) is 3.58. The van der Waals surface area contributed by atoms with Gasteiger partial charge in [0.1, 0.15) is 5.75 Å². The van der Waals surface area contributed by atoms with Gasteiger partial charge in [-0.2, -0.15) is 5.01 Å². The van der Waals surface area contributed by atoms with E-state index in [0.29, 0.717) is 5.56 Å². The molecule has 0 radical (unpaired) electrons. The van der Waals surface area contributed by atoms with Crippen molar-refractivity contribution in [3.8, 4) is 5.75 Å². The number of nitrogens with zero attached hydrogens (tertiary/aromatic N) is 2. The molecule has 3 aromatic rings. The van der Waals surface area contributed by atoms with Crippen molar-refractivity contribution in [2.75, 3.05) is 0 Å². The number of thiophene rings is 1. The van der Waals surface area contributed by atoms with E-state index in [1.807, 2.05) is 40.7 Å². The molecule has 2 aromatic carbocycles. The molecule has 1 N–H and O–H groups in total. The van der Waals surface area contributed by atoms with E-state index in [9.17, 15) is 10.1 Å². The lowest BCUT2D eigenvalue weighted by Gasteiger charge is -2.38. The van der Waals surface area contributed by atoms with Gasteiger partial charge in [-0.1, -0.05) is 36.4 Å². The number of rotatable bonds is 3. The van der Waals surface area contributed by atoms with Crippen molar-refractivity contribution in [1.29, 1.82) is 0 Å². The zero-order chi connectivity index (χ0) is 18.4. The predicted molar refractivity (Wildman–Crippen MR) is 103 cm³/mol. The maximum atomic E-state index is 11.6. The molecule has 0 saturated heterocycles. The first kappa shape index (κ1) is 16.0. The summed E-state index contributed by atoms with van der Waals surface area (Å²) >= 11 is 1.65. The molecule has 6 nitrogen and oxygen atoms in total. The van der Waals surface area contributed by atoms with Crippen LogP contribution in [0.3, 0.4) is 0 Å². The smallest absolute Gasteiger partial charge is 0.277 e. The summed E-state index contributed by atoms with van der Waals surface area (Å²) in [7, 11) is 0. The maximum Gasteiger partial charge on any atom is 0.277 e. The van der Waals surface area contributed by atoms with E-state index < -0.39 is 6.23 Å². The Balaban J connectivity index is 1.63. The number of hydrogen-bond acceptors (Lipinski definition) is 6. The molecule has 27 heavy (non-hydrogen) atoms. The van der Waals surface area contributed by atoms with Crippen molar-refractivity contribution in [3.63, 3.8) is 0 Å².